The van der Waals surface area contributed by atoms with E-state index in [-0.39, 0.29) is 0 Å². The molecule has 3 rings (SSSR count). The van der Waals surface area contributed by atoms with Gasteiger partial charge in [0.15, 0.2) is 8.32 Å². The molecule has 0 fully saturated rings. The lowest BCUT2D eigenvalue weighted by atomic mass is 9.96. The van der Waals surface area contributed by atoms with Crippen LogP contribution in [0.4, 0.5) is 0 Å². The second-order valence-electron chi connectivity index (χ2n) is 9.62. The van der Waals surface area contributed by atoms with Crippen molar-refractivity contribution in [2.45, 2.75) is 65.1 Å². The molecule has 0 saturated heterocycles. The number of hydrogen-bond acceptors (Lipinski definition) is 1. The summed E-state index contributed by atoms with van der Waals surface area (Å²) < 4.78 is 7.57. The Morgan fingerprint density at radius 2 is 0.969 bits per heavy atom. The van der Waals surface area contributed by atoms with Crippen molar-refractivity contribution in [2.75, 3.05) is 0 Å². The van der Waals surface area contributed by atoms with Gasteiger partial charge in [-0.25, -0.2) is 0 Å². The highest BCUT2D eigenvalue weighted by Crippen LogP contribution is 2.27. The summed E-state index contributed by atoms with van der Waals surface area (Å²) in [5.74, 6) is 0.835. The van der Waals surface area contributed by atoms with Crippen LogP contribution in [-0.2, 0) is 4.12 Å². The summed E-state index contributed by atoms with van der Waals surface area (Å²) in [5, 5.41) is 4.03. The average molecular weight is 461 g/mol. The number of rotatable bonds is 12. The van der Waals surface area contributed by atoms with Gasteiger partial charge in [-0.15, -0.1) is 0 Å². The van der Waals surface area contributed by atoms with Gasteiger partial charge in [-0.2, -0.15) is 0 Å². The van der Waals surface area contributed by atoms with Crippen molar-refractivity contribution in [2.24, 2.45) is 5.92 Å². The molecule has 0 bridgehead atoms. The normalized spacial score (nSPS) is 12.3. The summed E-state index contributed by atoms with van der Waals surface area (Å²) >= 11 is 0. The van der Waals surface area contributed by atoms with E-state index in [1.807, 2.05) is 0 Å². The molecule has 1 nitrogen and oxygen atoms in total. The van der Waals surface area contributed by atoms with Gasteiger partial charge in [-0.1, -0.05) is 137 Å². The number of hydrogen-bond donors (Lipinski definition) is 0. The first kappa shape index (κ1) is 24.7. The molecule has 0 N–H and O–H groups in total. The van der Waals surface area contributed by atoms with E-state index < -0.39 is 16.6 Å². The van der Waals surface area contributed by atoms with E-state index in [2.05, 4.69) is 118 Å². The Morgan fingerprint density at radius 1 is 0.594 bits per heavy atom. The maximum absolute atomic E-state index is 7.57. The Morgan fingerprint density at radius 3 is 1.31 bits per heavy atom. The summed E-state index contributed by atoms with van der Waals surface area (Å²) in [6.45, 7) is 9.52. The first-order valence-electron chi connectivity index (χ1n) is 12.4. The minimum Gasteiger partial charge on any atom is -0.446 e. The first-order valence-corrected chi connectivity index (χ1v) is 17.4. The van der Waals surface area contributed by atoms with Crippen molar-refractivity contribution < 1.29 is 4.12 Å². The molecule has 0 amide bonds. The summed E-state index contributed by atoms with van der Waals surface area (Å²) in [5.41, 5.74) is 0. The van der Waals surface area contributed by atoms with Crippen LogP contribution in [0, 0.1) is 5.92 Å². The molecule has 0 aliphatic rings. The molecular formula is C29H40OSi2. The minimum absolute atomic E-state index is 0.835. The predicted octanol–water partition coefficient (Wildman–Crippen LogP) is 6.48. The fourth-order valence-corrected chi connectivity index (χ4v) is 14.2. The molecule has 3 heteroatoms. The third kappa shape index (κ3) is 6.09. The molecule has 0 atom stereocenters. The molecule has 0 saturated carbocycles. The summed E-state index contributed by atoms with van der Waals surface area (Å²) in [7, 11) is -4.55. The van der Waals surface area contributed by atoms with E-state index in [0.717, 1.165) is 5.92 Å². The largest absolute Gasteiger partial charge is 0.446 e. The molecular weight excluding hydrogens is 420 g/mol. The Balaban J connectivity index is 2.04. The number of benzene rings is 3. The van der Waals surface area contributed by atoms with Gasteiger partial charge in [-0.05, 0) is 40.6 Å². The van der Waals surface area contributed by atoms with Crippen molar-refractivity contribution in [1.29, 1.82) is 0 Å². The van der Waals surface area contributed by atoms with E-state index in [1.54, 1.807) is 0 Å². The van der Waals surface area contributed by atoms with Crippen LogP contribution in [0.25, 0.3) is 0 Å². The van der Waals surface area contributed by atoms with Gasteiger partial charge >= 0.3 is 0 Å². The highest BCUT2D eigenvalue weighted by atomic mass is 28.4. The van der Waals surface area contributed by atoms with Gasteiger partial charge in [0, 0.05) is 0 Å². The van der Waals surface area contributed by atoms with Crippen LogP contribution < -0.4 is 15.6 Å². The molecule has 3 aromatic rings. The fraction of sp³-hybridized carbons (Fsp3) is 0.379. The molecule has 0 spiro atoms. The second kappa shape index (κ2) is 11.8. The van der Waals surface area contributed by atoms with Gasteiger partial charge in [0.25, 0.3) is 8.32 Å². The predicted molar refractivity (Wildman–Crippen MR) is 145 cm³/mol. The standard InChI is InChI=1S/C29H40OSi2/c1-5-16-26(17-6-2)24-25-31(3,4)30-32(27-18-10-7-11-19-27,28-20-12-8-13-21-28)29-22-14-9-15-23-29/h7-15,18-23,26H,5-6,16-17,24-25H2,1-4H3. The van der Waals surface area contributed by atoms with Crippen LogP contribution in [0.3, 0.4) is 0 Å². The third-order valence-corrected chi connectivity index (χ3v) is 14.9. The highest BCUT2D eigenvalue weighted by molar-refractivity contribution is 7.10. The molecule has 0 aliphatic carbocycles. The molecule has 3 aromatic carbocycles. The van der Waals surface area contributed by atoms with Gasteiger partial charge in [0.2, 0.25) is 0 Å². The molecule has 0 radical (unpaired) electrons. The fourth-order valence-electron chi connectivity index (χ4n) is 4.96. The zero-order chi connectivity index (χ0) is 22.9. The van der Waals surface area contributed by atoms with E-state index >= 15 is 0 Å². The van der Waals surface area contributed by atoms with E-state index in [0.29, 0.717) is 0 Å². The molecule has 0 unspecified atom stereocenters. The molecule has 0 aromatic heterocycles. The summed E-state index contributed by atoms with van der Waals surface area (Å²) in [6.07, 6.45) is 6.55. The van der Waals surface area contributed by atoms with Crippen LogP contribution in [0.15, 0.2) is 91.0 Å². The Bertz CT molecular complexity index is 807. The van der Waals surface area contributed by atoms with Crippen LogP contribution in [-0.4, -0.2) is 16.6 Å². The maximum Gasteiger partial charge on any atom is 0.278 e. The van der Waals surface area contributed by atoms with E-state index in [1.165, 1.54) is 53.7 Å². The van der Waals surface area contributed by atoms with Gasteiger partial charge in [-0.3, -0.25) is 0 Å². The van der Waals surface area contributed by atoms with E-state index in [4.69, 9.17) is 4.12 Å². The molecule has 170 valence electrons. The maximum atomic E-state index is 7.57. The van der Waals surface area contributed by atoms with Crippen molar-refractivity contribution in [3.63, 3.8) is 0 Å². The highest BCUT2D eigenvalue weighted by Gasteiger charge is 2.46. The lowest BCUT2D eigenvalue weighted by molar-refractivity contribution is 0.418. The average Bonchev–Trinajstić information content (AvgIpc) is 2.83. The zero-order valence-electron chi connectivity index (χ0n) is 20.4. The monoisotopic (exact) mass is 460 g/mol. The van der Waals surface area contributed by atoms with Crippen molar-refractivity contribution in [3.8, 4) is 0 Å². The quantitative estimate of drug-likeness (QED) is 0.222. The lowest BCUT2D eigenvalue weighted by Crippen LogP contribution is -2.72. The Kier molecular flexibility index (Phi) is 9.09. The molecule has 0 aliphatic heterocycles. The minimum atomic E-state index is -2.61. The third-order valence-electron chi connectivity index (χ3n) is 6.52. The van der Waals surface area contributed by atoms with Crippen molar-refractivity contribution >= 4 is 32.2 Å². The van der Waals surface area contributed by atoms with Crippen molar-refractivity contribution in [3.05, 3.63) is 91.0 Å². The van der Waals surface area contributed by atoms with Crippen LogP contribution in [0.1, 0.15) is 46.0 Å². The second-order valence-corrected chi connectivity index (χ2v) is 17.6. The van der Waals surface area contributed by atoms with Gasteiger partial charge in [0.1, 0.15) is 0 Å². The Hall–Kier alpha value is -1.95. The van der Waals surface area contributed by atoms with Crippen LogP contribution >= 0.6 is 0 Å². The zero-order valence-corrected chi connectivity index (χ0v) is 22.4. The Labute approximate surface area is 198 Å². The van der Waals surface area contributed by atoms with E-state index in [9.17, 15) is 0 Å². The van der Waals surface area contributed by atoms with Gasteiger partial charge in [0.05, 0.1) is 0 Å². The lowest BCUT2D eigenvalue weighted by Gasteiger charge is -2.40. The topological polar surface area (TPSA) is 9.23 Å². The smallest absolute Gasteiger partial charge is 0.278 e. The SMILES string of the molecule is CCCC(CCC)CC[Si](C)(C)O[Si](c1ccccc1)(c1ccccc1)c1ccccc1. The molecule has 32 heavy (non-hydrogen) atoms. The molecule has 0 heterocycles. The van der Waals surface area contributed by atoms with Crippen LogP contribution in [0.5, 0.6) is 0 Å². The summed E-state index contributed by atoms with van der Waals surface area (Å²) in [6, 6.07) is 34.3. The summed E-state index contributed by atoms with van der Waals surface area (Å²) in [4.78, 5) is 0. The van der Waals surface area contributed by atoms with Crippen molar-refractivity contribution in [1.82, 2.24) is 0 Å². The van der Waals surface area contributed by atoms with Crippen LogP contribution in [0.2, 0.25) is 19.1 Å². The van der Waals surface area contributed by atoms with Gasteiger partial charge < -0.3 is 4.12 Å². The first-order chi connectivity index (χ1) is 15.5.